The van der Waals surface area contributed by atoms with Crippen LogP contribution in [0.2, 0.25) is 0 Å². The number of benzene rings is 3. The van der Waals surface area contributed by atoms with E-state index in [0.29, 0.717) is 17.9 Å². The van der Waals surface area contributed by atoms with Crippen LogP contribution >= 0.6 is 0 Å². The van der Waals surface area contributed by atoms with Crippen molar-refractivity contribution >= 4 is 17.7 Å². The van der Waals surface area contributed by atoms with Crippen LogP contribution in [-0.4, -0.2) is 47.9 Å². The van der Waals surface area contributed by atoms with Gasteiger partial charge in [-0.1, -0.05) is 36.4 Å². The number of methoxy groups -OCH3 is 1. The average Bonchev–Trinajstić information content (AvgIpc) is 3.29. The molecule has 4 rings (SSSR count). The molecule has 3 aromatic carbocycles. The molecule has 3 aromatic rings. The average molecular weight is 542 g/mol. The van der Waals surface area contributed by atoms with Gasteiger partial charge in [0, 0.05) is 29.4 Å². The van der Waals surface area contributed by atoms with Gasteiger partial charge in [-0.05, 0) is 94.1 Å². The predicted molar refractivity (Wildman–Crippen MR) is 159 cm³/mol. The maximum atomic E-state index is 13.7. The zero-order valence-corrected chi connectivity index (χ0v) is 24.4. The summed E-state index contributed by atoms with van der Waals surface area (Å²) in [6.07, 6.45) is -0.429. The smallest absolute Gasteiger partial charge is 0.410 e. The Balaban J connectivity index is 1.62. The Kier molecular flexibility index (Phi) is 8.62. The topological polar surface area (TPSA) is 80.2 Å². The van der Waals surface area contributed by atoms with Crippen molar-refractivity contribution in [2.45, 2.75) is 65.8 Å². The summed E-state index contributed by atoms with van der Waals surface area (Å²) in [6.45, 7) is 12.4. The van der Waals surface area contributed by atoms with E-state index >= 15 is 0 Å². The second kappa shape index (κ2) is 11.9. The van der Waals surface area contributed by atoms with E-state index in [0.717, 1.165) is 28.0 Å². The van der Waals surface area contributed by atoms with Gasteiger partial charge in [0.05, 0.1) is 19.7 Å². The summed E-state index contributed by atoms with van der Waals surface area (Å²) < 4.78 is 11.1. The third-order valence-corrected chi connectivity index (χ3v) is 6.88. The highest BCUT2D eigenvalue weighted by atomic mass is 16.6. The number of hydrogen-bond donors (Lipinski definition) is 1. The number of amides is 2. The van der Waals surface area contributed by atoms with E-state index < -0.39 is 17.7 Å². The Labute approximate surface area is 237 Å². The van der Waals surface area contributed by atoms with Crippen molar-refractivity contribution in [3.8, 4) is 16.9 Å². The lowest BCUT2D eigenvalue weighted by molar-refractivity contribution is 0.0168. The van der Waals surface area contributed by atoms with E-state index in [2.05, 4.69) is 28.5 Å². The van der Waals surface area contributed by atoms with Gasteiger partial charge < -0.3 is 19.7 Å². The van der Waals surface area contributed by atoms with Gasteiger partial charge in [-0.15, -0.1) is 0 Å². The molecule has 1 unspecified atom stereocenters. The van der Waals surface area contributed by atoms with Crippen molar-refractivity contribution in [3.63, 3.8) is 0 Å². The van der Waals surface area contributed by atoms with Gasteiger partial charge in [0.2, 0.25) is 0 Å². The Morgan fingerprint density at radius 1 is 1.00 bits per heavy atom. The normalized spacial score (nSPS) is 13.3. The molecule has 2 amide bonds. The molecular weight excluding hydrogens is 502 g/mol. The van der Waals surface area contributed by atoms with Gasteiger partial charge in [-0.3, -0.25) is 9.79 Å². The zero-order valence-electron chi connectivity index (χ0n) is 24.4. The largest absolute Gasteiger partial charge is 0.497 e. The van der Waals surface area contributed by atoms with Gasteiger partial charge >= 0.3 is 6.09 Å². The summed E-state index contributed by atoms with van der Waals surface area (Å²) in [5.74, 6) is 0.434. The van der Waals surface area contributed by atoms with Gasteiger partial charge in [-0.25, -0.2) is 4.79 Å². The summed E-state index contributed by atoms with van der Waals surface area (Å²) in [7, 11) is 1.60. The Bertz CT molecular complexity index is 1420. The van der Waals surface area contributed by atoms with E-state index in [1.165, 1.54) is 5.56 Å². The molecular formula is C33H39N3O4. The molecule has 1 heterocycles. The molecule has 0 radical (unpaired) electrons. The highest BCUT2D eigenvalue weighted by molar-refractivity contribution is 6.03. The molecule has 0 spiro atoms. The van der Waals surface area contributed by atoms with Crippen molar-refractivity contribution in [2.24, 2.45) is 4.99 Å². The van der Waals surface area contributed by atoms with E-state index in [4.69, 9.17) is 9.47 Å². The standard InChI is InChI=1S/C33H39N3O4/c1-21(2)36(32(38)40-33(4,5)6)20-30(25-11-9-13-28(17-25)39-7)35-31(37)26-12-8-10-23(16-26)24-14-15-27-19-34-22(3)29(27)18-24/h8-18,21,30H,19-20H2,1-7H3,(H,35,37). The number of nitrogens with one attached hydrogen (secondary N) is 1. The molecule has 1 aliphatic heterocycles. The van der Waals surface area contributed by atoms with Crippen molar-refractivity contribution in [1.82, 2.24) is 10.2 Å². The lowest BCUT2D eigenvalue weighted by Crippen LogP contribution is -2.46. The van der Waals surface area contributed by atoms with Crippen molar-refractivity contribution in [2.75, 3.05) is 13.7 Å². The van der Waals surface area contributed by atoms with Crippen LogP contribution in [0.5, 0.6) is 5.75 Å². The number of carbonyl (C=O) groups is 2. The molecule has 210 valence electrons. The van der Waals surface area contributed by atoms with Gasteiger partial charge in [0.15, 0.2) is 0 Å². The Morgan fingerprint density at radius 3 is 2.42 bits per heavy atom. The molecule has 7 nitrogen and oxygen atoms in total. The maximum absolute atomic E-state index is 13.7. The summed E-state index contributed by atoms with van der Waals surface area (Å²) in [4.78, 5) is 32.9. The molecule has 1 aliphatic rings. The fourth-order valence-electron chi connectivity index (χ4n) is 4.71. The molecule has 0 aliphatic carbocycles. The third kappa shape index (κ3) is 6.89. The minimum Gasteiger partial charge on any atom is -0.497 e. The first kappa shape index (κ1) is 28.9. The second-order valence-electron chi connectivity index (χ2n) is 11.4. The van der Waals surface area contributed by atoms with Crippen LogP contribution in [0.3, 0.4) is 0 Å². The lowest BCUT2D eigenvalue weighted by atomic mass is 9.97. The summed E-state index contributed by atoms with van der Waals surface area (Å²) >= 11 is 0. The highest BCUT2D eigenvalue weighted by Gasteiger charge is 2.28. The summed E-state index contributed by atoms with van der Waals surface area (Å²) in [5, 5.41) is 3.17. The highest BCUT2D eigenvalue weighted by Crippen LogP contribution is 2.28. The number of rotatable bonds is 8. The van der Waals surface area contributed by atoms with Crippen LogP contribution in [-0.2, 0) is 11.3 Å². The SMILES string of the molecule is COc1cccc(C(CN(C(=O)OC(C)(C)C)C(C)C)NC(=O)c2cccc(-c3ccc4c(c3)C(C)=NC4)c2)c1. The van der Waals surface area contributed by atoms with Gasteiger partial charge in [-0.2, -0.15) is 0 Å². The first-order valence-corrected chi connectivity index (χ1v) is 13.6. The molecule has 1 atom stereocenters. The number of hydrogen-bond acceptors (Lipinski definition) is 5. The van der Waals surface area contributed by atoms with Gasteiger partial charge in [0.1, 0.15) is 11.4 Å². The fraction of sp³-hybridized carbons (Fsp3) is 0.364. The van der Waals surface area contributed by atoms with Crippen LogP contribution in [0, 0.1) is 0 Å². The molecule has 1 N–H and O–H groups in total. The molecule has 0 saturated carbocycles. The molecule has 0 fully saturated rings. The lowest BCUT2D eigenvalue weighted by Gasteiger charge is -2.33. The van der Waals surface area contributed by atoms with Gasteiger partial charge in [0.25, 0.3) is 5.91 Å². The number of nitrogens with zero attached hydrogens (tertiary/aromatic N) is 2. The Hall–Kier alpha value is -4.13. The van der Waals surface area contributed by atoms with E-state index in [1.54, 1.807) is 18.1 Å². The summed E-state index contributed by atoms with van der Waals surface area (Å²) in [5.41, 5.74) is 6.11. The second-order valence-corrected chi connectivity index (χ2v) is 11.4. The van der Waals surface area contributed by atoms with Crippen LogP contribution in [0.1, 0.15) is 74.6 Å². The van der Waals surface area contributed by atoms with Crippen LogP contribution in [0.15, 0.2) is 71.7 Å². The molecule has 0 saturated heterocycles. The van der Waals surface area contributed by atoms with Crippen LogP contribution in [0.4, 0.5) is 4.79 Å². The maximum Gasteiger partial charge on any atom is 0.410 e. The predicted octanol–water partition coefficient (Wildman–Crippen LogP) is 6.80. The minimum atomic E-state index is -0.638. The first-order chi connectivity index (χ1) is 18.9. The first-order valence-electron chi connectivity index (χ1n) is 13.6. The molecule has 0 aromatic heterocycles. The number of aliphatic imine (C=N–C) groups is 1. The van der Waals surface area contributed by atoms with E-state index in [9.17, 15) is 9.59 Å². The van der Waals surface area contributed by atoms with E-state index in [1.807, 2.05) is 84.0 Å². The van der Waals surface area contributed by atoms with E-state index in [-0.39, 0.29) is 18.5 Å². The molecule has 7 heteroatoms. The quantitative estimate of drug-likeness (QED) is 0.340. The fourth-order valence-corrected chi connectivity index (χ4v) is 4.71. The number of carbonyl (C=O) groups excluding carboxylic acids is 2. The minimum absolute atomic E-state index is 0.144. The zero-order chi connectivity index (χ0) is 29.0. The Morgan fingerprint density at radius 2 is 1.73 bits per heavy atom. The van der Waals surface area contributed by atoms with Crippen molar-refractivity contribution in [1.29, 1.82) is 0 Å². The number of ether oxygens (including phenoxy) is 2. The van der Waals surface area contributed by atoms with Crippen molar-refractivity contribution < 1.29 is 19.1 Å². The number of fused-ring (bicyclic) bond motifs is 1. The molecule has 0 bridgehead atoms. The molecule has 40 heavy (non-hydrogen) atoms. The summed E-state index contributed by atoms with van der Waals surface area (Å²) in [6, 6.07) is 20.8. The third-order valence-electron chi connectivity index (χ3n) is 6.88. The van der Waals surface area contributed by atoms with Crippen LogP contribution < -0.4 is 10.1 Å². The monoisotopic (exact) mass is 541 g/mol. The van der Waals surface area contributed by atoms with Crippen LogP contribution in [0.25, 0.3) is 11.1 Å². The van der Waals surface area contributed by atoms with Crippen molar-refractivity contribution in [3.05, 3.63) is 89.0 Å².